The molecule has 0 saturated carbocycles. The summed E-state index contributed by atoms with van der Waals surface area (Å²) in [5, 5.41) is 0. The third-order valence-corrected chi connectivity index (χ3v) is 2.28. The Kier molecular flexibility index (Phi) is 1.92. The molecule has 0 aliphatic heterocycles. The standard InChI is InChI=1S/C4H9F3P/c1-8(2,3)4(5,6)7/h1-3H3/q+1. The second kappa shape index (κ2) is 1.87. The highest BCUT2D eigenvalue weighted by molar-refractivity contribution is 7.74. The van der Waals surface area contributed by atoms with Crippen molar-refractivity contribution >= 4 is 7.26 Å². The van der Waals surface area contributed by atoms with Crippen molar-refractivity contribution in [1.29, 1.82) is 0 Å². The van der Waals surface area contributed by atoms with Crippen LogP contribution in [-0.4, -0.2) is 25.9 Å². The van der Waals surface area contributed by atoms with Crippen LogP contribution in [0.5, 0.6) is 0 Å². The number of alkyl halides is 3. The molecule has 0 bridgehead atoms. The highest BCUT2D eigenvalue weighted by Gasteiger charge is 2.51. The van der Waals surface area contributed by atoms with E-state index in [0.29, 0.717) is 0 Å². The average molecular weight is 145 g/mol. The lowest BCUT2D eigenvalue weighted by Crippen LogP contribution is -2.11. The van der Waals surface area contributed by atoms with Crippen LogP contribution in [0.2, 0.25) is 0 Å². The fraction of sp³-hybridized carbons (Fsp3) is 1.00. The van der Waals surface area contributed by atoms with Gasteiger partial charge in [-0.15, -0.1) is 13.2 Å². The quantitative estimate of drug-likeness (QED) is 0.459. The zero-order valence-electron chi connectivity index (χ0n) is 5.08. The van der Waals surface area contributed by atoms with E-state index in [1.54, 1.807) is 0 Å². The Morgan fingerprint density at radius 3 is 1.12 bits per heavy atom. The summed E-state index contributed by atoms with van der Waals surface area (Å²) in [6.07, 6.45) is 0. The first-order chi connectivity index (χ1) is 3.25. The molecule has 8 heavy (non-hydrogen) atoms. The number of halogens is 3. The van der Waals surface area contributed by atoms with Gasteiger partial charge in [0.2, 0.25) is 0 Å². The Hall–Kier alpha value is 0.220. The van der Waals surface area contributed by atoms with Crippen molar-refractivity contribution in [3.05, 3.63) is 0 Å². The summed E-state index contributed by atoms with van der Waals surface area (Å²) in [6.45, 7) is 3.77. The van der Waals surface area contributed by atoms with Gasteiger partial charge in [0.25, 0.3) is 0 Å². The van der Waals surface area contributed by atoms with Crippen molar-refractivity contribution in [3.8, 4) is 0 Å². The normalized spacial score (nSPS) is 14.2. The first-order valence-corrected chi connectivity index (χ1v) is 5.26. The van der Waals surface area contributed by atoms with E-state index in [0.717, 1.165) is 0 Å². The minimum Gasteiger partial charge on any atom is -0.135 e. The molecule has 0 radical (unpaired) electrons. The van der Waals surface area contributed by atoms with Gasteiger partial charge in [-0.1, -0.05) is 0 Å². The van der Waals surface area contributed by atoms with Crippen LogP contribution < -0.4 is 0 Å². The molecule has 50 valence electrons. The molecule has 0 saturated heterocycles. The van der Waals surface area contributed by atoms with E-state index < -0.39 is 13.2 Å². The van der Waals surface area contributed by atoms with E-state index in [4.69, 9.17) is 0 Å². The third-order valence-electron chi connectivity index (χ3n) is 0.761. The molecule has 0 aromatic rings. The Bertz CT molecular complexity index is 66.3. The summed E-state index contributed by atoms with van der Waals surface area (Å²) in [4.78, 5) is 0. The van der Waals surface area contributed by atoms with Crippen molar-refractivity contribution in [2.75, 3.05) is 20.0 Å². The van der Waals surface area contributed by atoms with E-state index in [1.165, 1.54) is 20.0 Å². The van der Waals surface area contributed by atoms with E-state index in [9.17, 15) is 13.2 Å². The minimum absolute atomic E-state index is 1.26. The summed E-state index contributed by atoms with van der Waals surface area (Å²) in [5.41, 5.74) is 0. The fourth-order valence-electron chi connectivity index (χ4n) is 0. The molecule has 0 unspecified atom stereocenters. The van der Waals surface area contributed by atoms with E-state index in [2.05, 4.69) is 0 Å². The lowest BCUT2D eigenvalue weighted by atomic mass is 11.5. The molecule has 0 N–H and O–H groups in total. The molecule has 0 amide bonds. The molecule has 0 heterocycles. The maximum absolute atomic E-state index is 11.6. The molecule has 0 fully saturated rings. The van der Waals surface area contributed by atoms with E-state index >= 15 is 0 Å². The maximum atomic E-state index is 11.6. The van der Waals surface area contributed by atoms with Crippen molar-refractivity contribution in [3.63, 3.8) is 0 Å². The second-order valence-electron chi connectivity index (χ2n) is 2.48. The van der Waals surface area contributed by atoms with Gasteiger partial charge in [0.1, 0.15) is 7.26 Å². The van der Waals surface area contributed by atoms with E-state index in [-0.39, 0.29) is 0 Å². The van der Waals surface area contributed by atoms with Crippen molar-refractivity contribution in [2.45, 2.75) is 5.92 Å². The molecular weight excluding hydrogens is 136 g/mol. The van der Waals surface area contributed by atoms with Gasteiger partial charge in [0.15, 0.2) is 0 Å². The zero-order valence-corrected chi connectivity index (χ0v) is 5.98. The topological polar surface area (TPSA) is 0 Å². The lowest BCUT2D eigenvalue weighted by molar-refractivity contribution is -0.0422. The lowest BCUT2D eigenvalue weighted by Gasteiger charge is -2.13. The van der Waals surface area contributed by atoms with Gasteiger partial charge in [-0.2, -0.15) is 0 Å². The zero-order chi connectivity index (χ0) is 7.00. The van der Waals surface area contributed by atoms with Crippen LogP contribution in [0.4, 0.5) is 13.2 Å². The predicted octanol–water partition coefficient (Wildman–Crippen LogP) is 2.41. The van der Waals surface area contributed by atoms with Crippen molar-refractivity contribution in [2.24, 2.45) is 0 Å². The van der Waals surface area contributed by atoms with Gasteiger partial charge >= 0.3 is 5.92 Å². The second-order valence-corrected chi connectivity index (χ2v) is 7.01. The SMILES string of the molecule is C[P+](C)(C)C(F)(F)F. The average Bonchev–Trinajstić information content (AvgIpc) is 1.25. The Balaban J connectivity index is 4.02. The largest absolute Gasteiger partial charge is 0.507 e. The molecule has 0 rings (SSSR count). The summed E-state index contributed by atoms with van der Waals surface area (Å²) in [7, 11) is -2.60. The molecule has 0 aromatic carbocycles. The number of rotatable bonds is 0. The van der Waals surface area contributed by atoms with Gasteiger partial charge in [-0.3, -0.25) is 0 Å². The summed E-state index contributed by atoms with van der Waals surface area (Å²) < 4.78 is 34.8. The van der Waals surface area contributed by atoms with Crippen LogP contribution >= 0.6 is 7.26 Å². The van der Waals surface area contributed by atoms with E-state index in [1.807, 2.05) is 0 Å². The van der Waals surface area contributed by atoms with Gasteiger partial charge in [0, 0.05) is 0 Å². The van der Waals surface area contributed by atoms with Gasteiger partial charge < -0.3 is 0 Å². The molecule has 0 spiro atoms. The first-order valence-electron chi connectivity index (χ1n) is 2.13. The van der Waals surface area contributed by atoms with Crippen molar-refractivity contribution in [1.82, 2.24) is 0 Å². The van der Waals surface area contributed by atoms with Crippen LogP contribution in [0.25, 0.3) is 0 Å². The molecular formula is C4H9F3P+. The smallest absolute Gasteiger partial charge is 0.135 e. The molecule has 0 atom stereocenters. The molecule has 0 aliphatic carbocycles. The molecule has 0 aliphatic rings. The Morgan fingerprint density at radius 1 is 1.00 bits per heavy atom. The van der Waals surface area contributed by atoms with Crippen LogP contribution in [-0.2, 0) is 0 Å². The Morgan fingerprint density at radius 2 is 1.12 bits per heavy atom. The first kappa shape index (κ1) is 8.22. The summed E-state index contributed by atoms with van der Waals surface area (Å²) in [6, 6.07) is 0. The van der Waals surface area contributed by atoms with Gasteiger partial charge in [-0.25, -0.2) is 0 Å². The monoisotopic (exact) mass is 145 g/mol. The fourth-order valence-corrected chi connectivity index (χ4v) is 0. The van der Waals surface area contributed by atoms with Crippen LogP contribution in [0.3, 0.4) is 0 Å². The van der Waals surface area contributed by atoms with Gasteiger partial charge in [0.05, 0.1) is 20.0 Å². The number of hydrogen-bond acceptors (Lipinski definition) is 0. The summed E-state index contributed by atoms with van der Waals surface area (Å²) in [5.74, 6) is -3.95. The van der Waals surface area contributed by atoms with Gasteiger partial charge in [-0.05, 0) is 0 Å². The molecule has 0 nitrogen and oxygen atoms in total. The predicted molar refractivity (Wildman–Crippen MR) is 30.7 cm³/mol. The highest BCUT2D eigenvalue weighted by atomic mass is 31.2. The minimum atomic E-state index is -3.95. The highest BCUT2D eigenvalue weighted by Crippen LogP contribution is 2.62. The molecule has 4 heteroatoms. The van der Waals surface area contributed by atoms with Crippen LogP contribution in [0.1, 0.15) is 0 Å². The number of hydrogen-bond donors (Lipinski definition) is 0. The van der Waals surface area contributed by atoms with Crippen LogP contribution in [0, 0.1) is 0 Å². The molecule has 0 aromatic heterocycles. The van der Waals surface area contributed by atoms with Crippen LogP contribution in [0.15, 0.2) is 0 Å². The Labute approximate surface area is 47.4 Å². The van der Waals surface area contributed by atoms with Crippen molar-refractivity contribution < 1.29 is 13.2 Å². The summed E-state index contributed by atoms with van der Waals surface area (Å²) >= 11 is 0. The maximum Gasteiger partial charge on any atom is 0.507 e. The third kappa shape index (κ3) is 1.99.